The van der Waals surface area contributed by atoms with Crippen molar-refractivity contribution in [2.75, 3.05) is 29.9 Å². The van der Waals surface area contributed by atoms with Crippen LogP contribution in [0.2, 0.25) is 0 Å². The number of fused-ring (bicyclic) bond motifs is 1. The lowest BCUT2D eigenvalue weighted by atomic mass is 10.1. The smallest absolute Gasteiger partial charge is 0.224 e. The Hall–Kier alpha value is -2.30. The Morgan fingerprint density at radius 2 is 2.03 bits per heavy atom. The standard InChI is InChI=1S/C23H30N4O4S2/c1-16(2)27(13-19-4-3-11-31-19)10-9-24-22(28)12-17-5-7-18(8-6-17)25-23-26-20-14-33(29,30)15-21(20)32-23/h3-8,11,16,20-21H,9-10,12-15H2,1-2H3,(H,24,28)(H,25,26)/t20-,21-/m0/s1. The third kappa shape index (κ3) is 6.61. The zero-order chi connectivity index (χ0) is 23.4. The molecule has 4 rings (SSSR count). The van der Waals surface area contributed by atoms with E-state index >= 15 is 0 Å². The van der Waals surface area contributed by atoms with Crippen LogP contribution >= 0.6 is 11.8 Å². The average Bonchev–Trinajstić information content (AvgIpc) is 3.44. The van der Waals surface area contributed by atoms with Gasteiger partial charge in [0.1, 0.15) is 5.76 Å². The highest BCUT2D eigenvalue weighted by Gasteiger charge is 2.42. The fraction of sp³-hybridized carbons (Fsp3) is 0.478. The molecule has 3 heterocycles. The first-order chi connectivity index (χ1) is 15.8. The molecule has 1 aromatic heterocycles. The van der Waals surface area contributed by atoms with Gasteiger partial charge >= 0.3 is 0 Å². The highest BCUT2D eigenvalue weighted by atomic mass is 32.2. The number of thioether (sulfide) groups is 1. The minimum atomic E-state index is -2.95. The molecule has 8 nitrogen and oxygen atoms in total. The molecule has 1 fully saturated rings. The molecule has 0 saturated carbocycles. The van der Waals surface area contributed by atoms with E-state index in [0.29, 0.717) is 19.0 Å². The Bertz CT molecular complexity index is 1080. The second-order valence-corrected chi connectivity index (χ2v) is 12.1. The van der Waals surface area contributed by atoms with Crippen molar-refractivity contribution in [3.05, 3.63) is 54.0 Å². The van der Waals surface area contributed by atoms with Gasteiger partial charge in [-0.25, -0.2) is 8.42 Å². The van der Waals surface area contributed by atoms with E-state index in [0.717, 1.165) is 35.3 Å². The maximum absolute atomic E-state index is 12.4. The van der Waals surface area contributed by atoms with Crippen molar-refractivity contribution in [1.29, 1.82) is 0 Å². The Labute approximate surface area is 199 Å². The van der Waals surface area contributed by atoms with Crippen LogP contribution in [0.4, 0.5) is 5.69 Å². The van der Waals surface area contributed by atoms with E-state index in [1.54, 1.807) is 6.26 Å². The predicted molar refractivity (Wildman–Crippen MR) is 132 cm³/mol. The molecule has 2 aromatic rings. The molecule has 2 N–H and O–H groups in total. The molecule has 33 heavy (non-hydrogen) atoms. The van der Waals surface area contributed by atoms with Crippen molar-refractivity contribution >= 4 is 38.4 Å². The molecule has 0 bridgehead atoms. The molecule has 1 saturated heterocycles. The second kappa shape index (κ2) is 10.3. The van der Waals surface area contributed by atoms with Crippen molar-refractivity contribution in [2.24, 2.45) is 4.99 Å². The van der Waals surface area contributed by atoms with Gasteiger partial charge in [0.25, 0.3) is 0 Å². The van der Waals surface area contributed by atoms with Gasteiger partial charge in [0.05, 0.1) is 36.8 Å². The van der Waals surface area contributed by atoms with Crippen molar-refractivity contribution in [2.45, 2.75) is 44.1 Å². The van der Waals surface area contributed by atoms with E-state index in [4.69, 9.17) is 4.42 Å². The average molecular weight is 491 g/mol. The van der Waals surface area contributed by atoms with Crippen LogP contribution < -0.4 is 10.6 Å². The van der Waals surface area contributed by atoms with Crippen molar-refractivity contribution in [3.63, 3.8) is 0 Å². The number of benzene rings is 1. The minimum absolute atomic E-state index is 0.0119. The van der Waals surface area contributed by atoms with Crippen LogP contribution in [0.5, 0.6) is 0 Å². The summed E-state index contributed by atoms with van der Waals surface area (Å²) in [6, 6.07) is 11.7. The molecule has 1 aromatic carbocycles. The molecule has 2 atom stereocenters. The number of hydrogen-bond donors (Lipinski definition) is 2. The summed E-state index contributed by atoms with van der Waals surface area (Å²) in [6.07, 6.45) is 1.99. The lowest BCUT2D eigenvalue weighted by Gasteiger charge is -2.25. The molecule has 0 spiro atoms. The Morgan fingerprint density at radius 1 is 1.24 bits per heavy atom. The normalized spacial score (nSPS) is 21.3. The summed E-state index contributed by atoms with van der Waals surface area (Å²) in [6.45, 7) is 6.30. The Morgan fingerprint density at radius 3 is 2.70 bits per heavy atom. The number of furan rings is 1. The zero-order valence-corrected chi connectivity index (χ0v) is 20.5. The van der Waals surface area contributed by atoms with Crippen LogP contribution in [0.3, 0.4) is 0 Å². The van der Waals surface area contributed by atoms with Crippen molar-refractivity contribution in [1.82, 2.24) is 10.2 Å². The number of carbonyl (C=O) groups excluding carboxylic acids is 1. The fourth-order valence-corrected chi connectivity index (χ4v) is 7.63. The summed E-state index contributed by atoms with van der Waals surface area (Å²) < 4.78 is 28.8. The highest BCUT2D eigenvalue weighted by Crippen LogP contribution is 2.34. The van der Waals surface area contributed by atoms with Gasteiger partial charge in [0.2, 0.25) is 5.91 Å². The summed E-state index contributed by atoms with van der Waals surface area (Å²) in [4.78, 5) is 19.1. The highest BCUT2D eigenvalue weighted by molar-refractivity contribution is 8.15. The van der Waals surface area contributed by atoms with Gasteiger partial charge in [-0.3, -0.25) is 14.7 Å². The summed E-state index contributed by atoms with van der Waals surface area (Å²) >= 11 is 1.49. The molecule has 0 aliphatic carbocycles. The van der Waals surface area contributed by atoms with Crippen LogP contribution in [-0.4, -0.2) is 66.3 Å². The number of sulfone groups is 1. The lowest BCUT2D eigenvalue weighted by molar-refractivity contribution is -0.120. The summed E-state index contributed by atoms with van der Waals surface area (Å²) in [5.41, 5.74) is 1.80. The van der Waals surface area contributed by atoms with Crippen LogP contribution in [0, 0.1) is 0 Å². The number of aliphatic imine (C=N–C) groups is 1. The second-order valence-electron chi connectivity index (χ2n) is 8.73. The number of hydrogen-bond acceptors (Lipinski definition) is 8. The van der Waals surface area contributed by atoms with E-state index in [2.05, 4.69) is 34.4 Å². The summed E-state index contributed by atoms with van der Waals surface area (Å²) in [5.74, 6) is 1.24. The topological polar surface area (TPSA) is 104 Å². The van der Waals surface area contributed by atoms with Gasteiger partial charge < -0.3 is 15.1 Å². The van der Waals surface area contributed by atoms with Crippen molar-refractivity contribution in [3.8, 4) is 0 Å². The predicted octanol–water partition coefficient (Wildman–Crippen LogP) is 2.53. The monoisotopic (exact) mass is 490 g/mol. The molecule has 2 aliphatic heterocycles. The van der Waals surface area contributed by atoms with Crippen LogP contribution in [0.15, 0.2) is 52.1 Å². The quantitative estimate of drug-likeness (QED) is 0.557. The molecular weight excluding hydrogens is 460 g/mol. The molecule has 1 amide bonds. The number of anilines is 1. The first-order valence-electron chi connectivity index (χ1n) is 11.1. The van der Waals surface area contributed by atoms with E-state index in [9.17, 15) is 13.2 Å². The lowest BCUT2D eigenvalue weighted by Crippen LogP contribution is -2.38. The summed E-state index contributed by atoms with van der Waals surface area (Å²) in [5, 5.41) is 7.04. The number of amides is 1. The van der Waals surface area contributed by atoms with Gasteiger partial charge in [-0.05, 0) is 43.7 Å². The third-order valence-electron chi connectivity index (χ3n) is 5.78. The number of nitrogens with zero attached hydrogens (tertiary/aromatic N) is 2. The Kier molecular flexibility index (Phi) is 7.45. The third-order valence-corrected chi connectivity index (χ3v) is 8.92. The maximum atomic E-state index is 12.4. The minimum Gasteiger partial charge on any atom is -0.468 e. The molecule has 2 aliphatic rings. The molecule has 0 unspecified atom stereocenters. The van der Waals surface area contributed by atoms with E-state index in [-0.39, 0.29) is 28.7 Å². The molecule has 178 valence electrons. The van der Waals surface area contributed by atoms with E-state index in [1.165, 1.54) is 11.8 Å². The van der Waals surface area contributed by atoms with Gasteiger partial charge in [0, 0.05) is 30.1 Å². The Balaban J connectivity index is 1.21. The van der Waals surface area contributed by atoms with Crippen LogP contribution in [0.25, 0.3) is 0 Å². The number of rotatable bonds is 9. The van der Waals surface area contributed by atoms with Crippen LogP contribution in [0.1, 0.15) is 25.2 Å². The molecular formula is C23H30N4O4S2. The molecule has 0 radical (unpaired) electrons. The number of carbonyl (C=O) groups is 1. The molecule has 10 heteroatoms. The van der Waals surface area contributed by atoms with Gasteiger partial charge in [-0.2, -0.15) is 0 Å². The van der Waals surface area contributed by atoms with Gasteiger partial charge in [-0.1, -0.05) is 23.9 Å². The zero-order valence-electron chi connectivity index (χ0n) is 18.9. The van der Waals surface area contributed by atoms with Gasteiger partial charge in [-0.15, -0.1) is 0 Å². The first kappa shape index (κ1) is 23.8. The van der Waals surface area contributed by atoms with E-state index in [1.807, 2.05) is 36.4 Å². The largest absolute Gasteiger partial charge is 0.468 e. The SMILES string of the molecule is CC(C)N(CCNC(=O)Cc1ccc(NC2=N[C@H]3CS(=O)(=O)C[C@@H]3S2)cc1)Cc1ccco1. The van der Waals surface area contributed by atoms with E-state index < -0.39 is 9.84 Å². The summed E-state index contributed by atoms with van der Waals surface area (Å²) in [7, 11) is -2.95. The van der Waals surface area contributed by atoms with Crippen LogP contribution in [-0.2, 0) is 27.6 Å². The first-order valence-corrected chi connectivity index (χ1v) is 13.8. The van der Waals surface area contributed by atoms with Gasteiger partial charge in [0.15, 0.2) is 15.0 Å². The number of amidine groups is 1. The maximum Gasteiger partial charge on any atom is 0.224 e. The van der Waals surface area contributed by atoms with Crippen molar-refractivity contribution < 1.29 is 17.6 Å². The fourth-order valence-electron chi connectivity index (χ4n) is 3.95. The number of nitrogens with one attached hydrogen (secondary N) is 2.